The van der Waals surface area contributed by atoms with Crippen molar-refractivity contribution < 1.29 is 0 Å². The normalized spacial score (nSPS) is 20.5. The molecule has 0 amide bonds. The molecule has 0 bridgehead atoms. The molecule has 0 saturated heterocycles. The van der Waals surface area contributed by atoms with Crippen LogP contribution in [0.2, 0.25) is 0 Å². The van der Waals surface area contributed by atoms with Gasteiger partial charge in [0.2, 0.25) is 0 Å². The lowest BCUT2D eigenvalue weighted by atomic mass is 9.60. The monoisotopic (exact) mass is 264 g/mol. The summed E-state index contributed by atoms with van der Waals surface area (Å²) in [6.45, 7) is 4.82. The maximum Gasteiger partial charge on any atom is 0.0203 e. The van der Waals surface area contributed by atoms with Crippen molar-refractivity contribution >= 4 is 0 Å². The van der Waals surface area contributed by atoms with Crippen molar-refractivity contribution in [3.05, 3.63) is 71.8 Å². The quantitative estimate of drug-likeness (QED) is 0.665. The predicted octanol–water partition coefficient (Wildman–Crippen LogP) is 5.57. The summed E-state index contributed by atoms with van der Waals surface area (Å²) in [6.07, 6.45) is 5.12. The van der Waals surface area contributed by atoms with Crippen LogP contribution in [0.5, 0.6) is 0 Å². The number of rotatable bonds is 2. The van der Waals surface area contributed by atoms with E-state index in [1.54, 1.807) is 0 Å². The van der Waals surface area contributed by atoms with Gasteiger partial charge >= 0.3 is 0 Å². The minimum atomic E-state index is 0.220. The maximum atomic E-state index is 2.41. The van der Waals surface area contributed by atoms with Crippen LogP contribution in [0.1, 0.15) is 50.7 Å². The van der Waals surface area contributed by atoms with Gasteiger partial charge in [0.25, 0.3) is 0 Å². The van der Waals surface area contributed by atoms with Crippen molar-refractivity contribution in [2.24, 2.45) is 5.41 Å². The molecule has 3 rings (SSSR count). The molecule has 1 aliphatic carbocycles. The molecule has 0 radical (unpaired) electrons. The fourth-order valence-corrected chi connectivity index (χ4v) is 3.61. The van der Waals surface area contributed by atoms with Crippen molar-refractivity contribution in [3.63, 3.8) is 0 Å². The van der Waals surface area contributed by atoms with Crippen LogP contribution in [0.3, 0.4) is 0 Å². The smallest absolute Gasteiger partial charge is 0.0203 e. The number of hydrogen-bond acceptors (Lipinski definition) is 0. The van der Waals surface area contributed by atoms with Gasteiger partial charge < -0.3 is 0 Å². The molecule has 0 unspecified atom stereocenters. The molecule has 0 spiro atoms. The van der Waals surface area contributed by atoms with Gasteiger partial charge in [-0.25, -0.2) is 0 Å². The molecule has 0 heteroatoms. The summed E-state index contributed by atoms with van der Waals surface area (Å²) >= 11 is 0. The zero-order valence-corrected chi connectivity index (χ0v) is 12.6. The third-order valence-electron chi connectivity index (χ3n) is 5.11. The topological polar surface area (TPSA) is 0 Å². The molecule has 1 fully saturated rings. The van der Waals surface area contributed by atoms with Crippen molar-refractivity contribution in [3.8, 4) is 0 Å². The van der Waals surface area contributed by atoms with Gasteiger partial charge in [-0.1, -0.05) is 74.5 Å². The van der Waals surface area contributed by atoms with Gasteiger partial charge in [0, 0.05) is 5.41 Å². The van der Waals surface area contributed by atoms with Crippen molar-refractivity contribution in [1.29, 1.82) is 0 Å². The van der Waals surface area contributed by atoms with Crippen LogP contribution in [0.4, 0.5) is 0 Å². The fourth-order valence-electron chi connectivity index (χ4n) is 3.61. The second-order valence-electron chi connectivity index (χ2n) is 6.98. The summed E-state index contributed by atoms with van der Waals surface area (Å²) in [6, 6.07) is 22.2. The Hall–Kier alpha value is -1.56. The molecule has 2 aromatic rings. The van der Waals surface area contributed by atoms with Crippen LogP contribution in [-0.4, -0.2) is 0 Å². The summed E-state index contributed by atoms with van der Waals surface area (Å²) in [5.74, 6) is 0. The molecular formula is C20H24. The van der Waals surface area contributed by atoms with Gasteiger partial charge in [0.1, 0.15) is 0 Å². The Kier molecular flexibility index (Phi) is 3.41. The first kappa shape index (κ1) is 13.4. The highest BCUT2D eigenvalue weighted by atomic mass is 14.4. The Morgan fingerprint density at radius 1 is 0.600 bits per heavy atom. The van der Waals surface area contributed by atoms with Gasteiger partial charge in [-0.05, 0) is 42.2 Å². The summed E-state index contributed by atoms with van der Waals surface area (Å²) in [7, 11) is 0. The second-order valence-corrected chi connectivity index (χ2v) is 6.98. The summed E-state index contributed by atoms with van der Waals surface area (Å²) in [5.41, 5.74) is 3.69. The molecule has 0 aromatic heterocycles. The first-order valence-electron chi connectivity index (χ1n) is 7.74. The highest BCUT2D eigenvalue weighted by Gasteiger charge is 2.40. The van der Waals surface area contributed by atoms with Gasteiger partial charge in [-0.2, -0.15) is 0 Å². The average Bonchev–Trinajstić information content (AvgIpc) is 2.50. The third-order valence-corrected chi connectivity index (χ3v) is 5.11. The molecule has 0 nitrogen and oxygen atoms in total. The van der Waals surface area contributed by atoms with Crippen molar-refractivity contribution in [1.82, 2.24) is 0 Å². The molecule has 2 aromatic carbocycles. The van der Waals surface area contributed by atoms with E-state index < -0.39 is 0 Å². The molecule has 1 saturated carbocycles. The van der Waals surface area contributed by atoms with Crippen LogP contribution in [-0.2, 0) is 5.41 Å². The molecular weight excluding hydrogens is 240 g/mol. The van der Waals surface area contributed by atoms with Gasteiger partial charge in [0.05, 0.1) is 0 Å². The van der Waals surface area contributed by atoms with E-state index in [4.69, 9.17) is 0 Å². The molecule has 1 aliphatic rings. The van der Waals surface area contributed by atoms with Gasteiger partial charge in [0.15, 0.2) is 0 Å². The standard InChI is InChI=1S/C20H24/c1-19(2)13-15-20(16-14-19,17-9-5-3-6-10-17)18-11-7-4-8-12-18/h3-12H,13-16H2,1-2H3. The predicted molar refractivity (Wildman–Crippen MR) is 85.9 cm³/mol. The number of hydrogen-bond donors (Lipinski definition) is 0. The lowest BCUT2D eigenvalue weighted by Gasteiger charge is -2.44. The summed E-state index contributed by atoms with van der Waals surface area (Å²) in [4.78, 5) is 0. The molecule has 0 N–H and O–H groups in total. The van der Waals surface area contributed by atoms with Crippen LogP contribution in [0, 0.1) is 5.41 Å². The van der Waals surface area contributed by atoms with E-state index in [0.717, 1.165) is 0 Å². The van der Waals surface area contributed by atoms with Crippen LogP contribution in [0.15, 0.2) is 60.7 Å². The molecule has 0 aliphatic heterocycles. The van der Waals surface area contributed by atoms with Crippen molar-refractivity contribution in [2.75, 3.05) is 0 Å². The maximum absolute atomic E-state index is 2.41. The summed E-state index contributed by atoms with van der Waals surface area (Å²) in [5, 5.41) is 0. The second kappa shape index (κ2) is 5.09. The van der Waals surface area contributed by atoms with Crippen LogP contribution >= 0.6 is 0 Å². The minimum Gasteiger partial charge on any atom is -0.0622 e. The number of benzene rings is 2. The van der Waals surface area contributed by atoms with Gasteiger partial charge in [-0.15, -0.1) is 0 Å². The lowest BCUT2D eigenvalue weighted by molar-refractivity contribution is 0.185. The SMILES string of the molecule is CC1(C)CCC(c2ccccc2)(c2ccccc2)CC1. The lowest BCUT2D eigenvalue weighted by Crippen LogP contribution is -2.35. The third kappa shape index (κ3) is 2.40. The Labute approximate surface area is 122 Å². The van der Waals surface area contributed by atoms with E-state index in [-0.39, 0.29) is 5.41 Å². The first-order valence-corrected chi connectivity index (χ1v) is 7.74. The van der Waals surface area contributed by atoms with Crippen LogP contribution < -0.4 is 0 Å². The molecule has 20 heavy (non-hydrogen) atoms. The van der Waals surface area contributed by atoms with E-state index in [1.807, 2.05) is 0 Å². The Morgan fingerprint density at radius 3 is 1.40 bits per heavy atom. The van der Waals surface area contributed by atoms with E-state index >= 15 is 0 Å². The minimum absolute atomic E-state index is 0.220. The van der Waals surface area contributed by atoms with E-state index in [0.29, 0.717) is 5.41 Å². The Bertz CT molecular complexity index is 500. The van der Waals surface area contributed by atoms with Crippen LogP contribution in [0.25, 0.3) is 0 Å². The highest BCUT2D eigenvalue weighted by Crippen LogP contribution is 2.50. The zero-order valence-electron chi connectivity index (χ0n) is 12.6. The zero-order chi connectivity index (χ0) is 14.1. The Morgan fingerprint density at radius 2 is 1.00 bits per heavy atom. The highest BCUT2D eigenvalue weighted by molar-refractivity contribution is 5.40. The van der Waals surface area contributed by atoms with E-state index in [1.165, 1.54) is 36.8 Å². The molecule has 0 atom stereocenters. The largest absolute Gasteiger partial charge is 0.0622 e. The van der Waals surface area contributed by atoms with Gasteiger partial charge in [-0.3, -0.25) is 0 Å². The summed E-state index contributed by atoms with van der Waals surface area (Å²) < 4.78 is 0. The van der Waals surface area contributed by atoms with Crippen molar-refractivity contribution in [2.45, 2.75) is 44.9 Å². The average molecular weight is 264 g/mol. The van der Waals surface area contributed by atoms with E-state index in [9.17, 15) is 0 Å². The Balaban J connectivity index is 2.06. The fraction of sp³-hybridized carbons (Fsp3) is 0.400. The first-order chi connectivity index (χ1) is 9.62. The molecule has 0 heterocycles. The molecule has 104 valence electrons. The van der Waals surface area contributed by atoms with E-state index in [2.05, 4.69) is 74.5 Å².